The lowest BCUT2D eigenvalue weighted by Gasteiger charge is -2.30. The van der Waals surface area contributed by atoms with Crippen LogP contribution in [0, 0.1) is 5.41 Å². The number of allylic oxidation sites excluding steroid dienone is 4. The first kappa shape index (κ1) is 54.4. The van der Waals surface area contributed by atoms with Crippen molar-refractivity contribution in [3.63, 3.8) is 0 Å². The highest BCUT2D eigenvalue weighted by atomic mass is 32.2. The van der Waals surface area contributed by atoms with E-state index in [2.05, 4.69) is 52.6 Å². The van der Waals surface area contributed by atoms with E-state index in [0.717, 1.165) is 73.9 Å². The summed E-state index contributed by atoms with van der Waals surface area (Å²) in [7, 11) is -16.4. The van der Waals surface area contributed by atoms with Gasteiger partial charge in [0, 0.05) is 37.1 Å². The monoisotopic (exact) mass is 973 g/mol. The number of thioether (sulfide) groups is 1. The lowest BCUT2D eigenvalue weighted by atomic mass is 9.87. The molecule has 2 amide bonds. The van der Waals surface area contributed by atoms with Crippen LogP contribution >= 0.6 is 35.2 Å². The molecule has 2 aromatic rings. The van der Waals surface area contributed by atoms with E-state index in [9.17, 15) is 57.9 Å². The third kappa shape index (κ3) is 19.2. The summed E-state index contributed by atoms with van der Waals surface area (Å²) < 4.78 is 62.3. The number of fused-ring (bicyclic) bond motifs is 1. The van der Waals surface area contributed by atoms with Crippen molar-refractivity contribution in [2.24, 2.45) is 5.41 Å². The highest BCUT2D eigenvalue weighted by molar-refractivity contribution is 8.13. The average Bonchev–Trinajstić information content (AvgIpc) is 3.76. The van der Waals surface area contributed by atoms with Gasteiger partial charge in [0.15, 0.2) is 22.8 Å². The number of carbonyl (C=O) groups excluding carboxylic acids is 3. The predicted octanol–water partition coefficient (Wildman–Crippen LogP) is 2.92. The minimum atomic E-state index is -5.57. The number of ether oxygens (including phenoxy) is 1. The zero-order chi connectivity index (χ0) is 46.8. The van der Waals surface area contributed by atoms with Crippen molar-refractivity contribution in [1.82, 2.24) is 30.2 Å². The van der Waals surface area contributed by atoms with Gasteiger partial charge in [-0.25, -0.2) is 28.6 Å². The molecule has 0 saturated carbocycles. The number of nitrogens with one attached hydrogen (secondary N) is 2. The third-order valence-electron chi connectivity index (χ3n) is 9.19. The Morgan fingerprint density at radius 1 is 0.968 bits per heavy atom. The molecule has 10 N–H and O–H groups in total. The Balaban J connectivity index is 1.36. The van der Waals surface area contributed by atoms with E-state index in [1.165, 1.54) is 13.8 Å². The van der Waals surface area contributed by atoms with E-state index in [1.807, 2.05) is 13.0 Å². The molecule has 28 heteroatoms. The summed E-state index contributed by atoms with van der Waals surface area (Å²) in [6.45, 7) is 2.54. The lowest BCUT2D eigenvalue weighted by Crippen LogP contribution is -2.46. The molecule has 0 bridgehead atoms. The number of aromatic nitrogens is 4. The van der Waals surface area contributed by atoms with Crippen molar-refractivity contribution in [3.8, 4) is 0 Å². The van der Waals surface area contributed by atoms with Crippen molar-refractivity contribution in [1.29, 1.82) is 0 Å². The summed E-state index contributed by atoms with van der Waals surface area (Å²) >= 11 is 1.14. The van der Waals surface area contributed by atoms with Gasteiger partial charge in [-0.1, -0.05) is 69.2 Å². The maximum atomic E-state index is 12.7. The van der Waals surface area contributed by atoms with Gasteiger partial charge in [0.2, 0.25) is 11.8 Å². The standard InChI is InChI=1S/C35H58N7O17P3S/c1-4-5-6-7-8-9-10-11-12-13-14-15-26(44)63-19-18-37-25(43)16-17-38-33(47)30(46)35(2,3)21-56-62(53,54)59-61(51,52)55-20-24-29(58-60(48,49)50)28(45)34(57-24)42-23-41-27-31(36)39-22-40-32(27)42/h4-5,7-8,22-24,28-30,34,45-46H,6,9-21H2,1-3H3,(H,37,43)(H,38,47)(H,51,52)(H,53,54)(H2,36,39,40)(H2,48,49,50)/b5-4+,8-7-/t24-,28-,29-,30+,34-/m1/s1. The van der Waals surface area contributed by atoms with Gasteiger partial charge in [0.25, 0.3) is 0 Å². The number of amides is 2. The number of hydrogen-bond acceptors (Lipinski definition) is 18. The van der Waals surface area contributed by atoms with Crippen molar-refractivity contribution < 1.29 is 80.5 Å². The van der Waals surface area contributed by atoms with Gasteiger partial charge in [-0.05, 0) is 32.6 Å². The highest BCUT2D eigenvalue weighted by Crippen LogP contribution is 2.61. The molecule has 0 radical (unpaired) electrons. The zero-order valence-corrected chi connectivity index (χ0v) is 38.5. The molecule has 0 aliphatic carbocycles. The van der Waals surface area contributed by atoms with Gasteiger partial charge in [0.05, 0.1) is 19.5 Å². The summed E-state index contributed by atoms with van der Waals surface area (Å²) in [6, 6.07) is 0. The number of rotatable bonds is 29. The molecule has 0 aromatic carbocycles. The topological polar surface area (TPSA) is 364 Å². The van der Waals surface area contributed by atoms with Crippen LogP contribution in [0.15, 0.2) is 37.0 Å². The Morgan fingerprint density at radius 3 is 2.38 bits per heavy atom. The van der Waals surface area contributed by atoms with Gasteiger partial charge >= 0.3 is 23.5 Å². The van der Waals surface area contributed by atoms with Crippen LogP contribution in [0.5, 0.6) is 0 Å². The maximum Gasteiger partial charge on any atom is 0.481 e. The van der Waals surface area contributed by atoms with E-state index < -0.39 is 84.6 Å². The molecule has 2 unspecified atom stereocenters. The van der Waals surface area contributed by atoms with Crippen molar-refractivity contribution >= 4 is 69.1 Å². The molecule has 1 fully saturated rings. The van der Waals surface area contributed by atoms with Crippen LogP contribution in [-0.2, 0) is 50.7 Å². The number of phosphoric acid groups is 3. The number of phosphoric ester groups is 3. The second-order valence-corrected chi connectivity index (χ2v) is 20.3. The second-order valence-electron chi connectivity index (χ2n) is 14.9. The fourth-order valence-corrected chi connectivity index (χ4v) is 9.41. The zero-order valence-electron chi connectivity index (χ0n) is 35.0. The summed E-state index contributed by atoms with van der Waals surface area (Å²) in [5.74, 6) is -1.05. The predicted molar refractivity (Wildman–Crippen MR) is 228 cm³/mol. The van der Waals surface area contributed by atoms with Gasteiger partial charge in [0.1, 0.15) is 36.3 Å². The molecule has 0 spiro atoms. The number of hydrogen-bond donors (Lipinski definition) is 9. The van der Waals surface area contributed by atoms with Crippen LogP contribution < -0.4 is 16.4 Å². The fourth-order valence-electron chi connectivity index (χ4n) is 5.86. The maximum absolute atomic E-state index is 12.7. The molecule has 3 heterocycles. The van der Waals surface area contributed by atoms with Crippen LogP contribution in [0.4, 0.5) is 5.82 Å². The molecule has 7 atom stereocenters. The molecule has 1 aliphatic heterocycles. The minimum Gasteiger partial charge on any atom is -0.386 e. The van der Waals surface area contributed by atoms with Gasteiger partial charge in [-0.3, -0.25) is 32.5 Å². The number of aliphatic hydroxyl groups excluding tert-OH is 2. The number of nitrogens with zero attached hydrogens (tertiary/aromatic N) is 4. The van der Waals surface area contributed by atoms with Crippen LogP contribution in [-0.4, -0.2) is 123 Å². The summed E-state index contributed by atoms with van der Waals surface area (Å²) in [5, 5.41) is 26.6. The van der Waals surface area contributed by atoms with Crippen LogP contribution in [0.25, 0.3) is 11.2 Å². The summed E-state index contributed by atoms with van der Waals surface area (Å²) in [6.07, 6.45) is 9.16. The molecule has 1 aliphatic rings. The summed E-state index contributed by atoms with van der Waals surface area (Å²) in [4.78, 5) is 88.1. The van der Waals surface area contributed by atoms with Gasteiger partial charge in [-0.2, -0.15) is 4.31 Å². The Hall–Kier alpha value is -2.96. The molecule has 356 valence electrons. The number of nitrogen functional groups attached to an aromatic ring is 1. The molecule has 24 nitrogen and oxygen atoms in total. The first-order valence-electron chi connectivity index (χ1n) is 19.9. The number of unbranched alkanes of at least 4 members (excludes halogenated alkanes) is 5. The first-order chi connectivity index (χ1) is 29.6. The van der Waals surface area contributed by atoms with Crippen molar-refractivity contribution in [3.05, 3.63) is 37.0 Å². The Morgan fingerprint density at radius 2 is 1.67 bits per heavy atom. The van der Waals surface area contributed by atoms with Crippen LogP contribution in [0.3, 0.4) is 0 Å². The van der Waals surface area contributed by atoms with Gasteiger partial charge < -0.3 is 50.9 Å². The van der Waals surface area contributed by atoms with E-state index >= 15 is 0 Å². The van der Waals surface area contributed by atoms with E-state index in [0.29, 0.717) is 12.2 Å². The Labute approximate surface area is 368 Å². The quantitative estimate of drug-likeness (QED) is 0.0321. The fraction of sp³-hybridized carbons (Fsp3) is 0.657. The number of imidazole rings is 1. The normalized spacial score (nSPS) is 20.8. The minimum absolute atomic E-state index is 0.0318. The number of carbonyl (C=O) groups is 3. The smallest absolute Gasteiger partial charge is 0.386 e. The van der Waals surface area contributed by atoms with Gasteiger partial charge in [-0.15, -0.1) is 0 Å². The van der Waals surface area contributed by atoms with E-state index in [4.69, 9.17) is 19.5 Å². The number of anilines is 1. The molecule has 3 rings (SSSR count). The van der Waals surface area contributed by atoms with Crippen LogP contribution in [0.1, 0.15) is 84.8 Å². The van der Waals surface area contributed by atoms with Crippen LogP contribution in [0.2, 0.25) is 0 Å². The van der Waals surface area contributed by atoms with E-state index in [1.54, 1.807) is 0 Å². The largest absolute Gasteiger partial charge is 0.481 e. The Bertz CT molecular complexity index is 2020. The molecule has 2 aromatic heterocycles. The van der Waals surface area contributed by atoms with Crippen molar-refractivity contribution in [2.75, 3.05) is 37.8 Å². The summed E-state index contributed by atoms with van der Waals surface area (Å²) in [5.41, 5.74) is 4.28. The molecular formula is C35H58N7O17P3S. The Kier molecular flexibility index (Phi) is 22.1. The molecular weight excluding hydrogens is 915 g/mol. The first-order valence-corrected chi connectivity index (χ1v) is 25.4. The molecule has 1 saturated heterocycles. The highest BCUT2D eigenvalue weighted by Gasteiger charge is 2.50. The number of aliphatic hydroxyl groups is 2. The number of nitrogens with two attached hydrogens (primary N) is 1. The third-order valence-corrected chi connectivity index (χ3v) is 13.2. The molecule has 63 heavy (non-hydrogen) atoms. The SMILES string of the molecule is C/C=C/C/C=C\CCCCCCCC(=O)SCCNC(=O)CCNC(=O)[C@H](O)C(C)(C)COP(=O)(O)OP(=O)(O)OC[C@H]1O[C@@H](n2cnc3c(N)ncnc32)[C@H](O)[C@@H]1OP(=O)(O)O. The second kappa shape index (κ2) is 25.7. The lowest BCUT2D eigenvalue weighted by molar-refractivity contribution is -0.137. The van der Waals surface area contributed by atoms with Crippen molar-refractivity contribution in [2.45, 2.75) is 109 Å². The van der Waals surface area contributed by atoms with E-state index in [-0.39, 0.29) is 41.6 Å². The average molecular weight is 974 g/mol.